The molecule has 344 valence electrons. The van der Waals surface area contributed by atoms with Gasteiger partial charge < -0.3 is 14.2 Å². The number of hydrogen-bond acceptors (Lipinski definition) is 5. The van der Waals surface area contributed by atoms with E-state index >= 15 is 0 Å². The molecule has 1 unspecified atom stereocenters. The Morgan fingerprint density at radius 2 is 0.783 bits per heavy atom. The highest BCUT2D eigenvalue weighted by Gasteiger charge is 2.17. The summed E-state index contributed by atoms with van der Waals surface area (Å²) in [6, 6.07) is 0. The zero-order chi connectivity index (χ0) is 43.5. The first-order chi connectivity index (χ1) is 29.6. The highest BCUT2D eigenvalue weighted by Crippen LogP contribution is 2.15. The van der Waals surface area contributed by atoms with Crippen LogP contribution in [0.4, 0.5) is 0 Å². The first-order valence-corrected chi connectivity index (χ1v) is 25.1. The fourth-order valence-electron chi connectivity index (χ4n) is 6.73. The first kappa shape index (κ1) is 57.1. The maximum Gasteiger partial charge on any atom is 0.306 e. The molecule has 0 aromatic rings. The summed E-state index contributed by atoms with van der Waals surface area (Å²) in [6.07, 6.45) is 66.1. The highest BCUT2D eigenvalue weighted by molar-refractivity contribution is 5.70. The van der Waals surface area contributed by atoms with Gasteiger partial charge in [0.25, 0.3) is 0 Å². The molecule has 0 saturated carbocycles. The summed E-state index contributed by atoms with van der Waals surface area (Å²) in [5.74, 6) is -0.453. The molecule has 0 radical (unpaired) electrons. The topological polar surface area (TPSA) is 61.8 Å². The minimum atomic E-state index is -0.584. The van der Waals surface area contributed by atoms with E-state index in [1.165, 1.54) is 103 Å². The molecule has 1 atom stereocenters. The van der Waals surface area contributed by atoms with E-state index in [1.807, 2.05) is 0 Å². The van der Waals surface area contributed by atoms with Crippen molar-refractivity contribution in [3.05, 3.63) is 85.1 Å². The van der Waals surface area contributed by atoms with Gasteiger partial charge in [0.05, 0.1) is 13.2 Å². The lowest BCUT2D eigenvalue weighted by Crippen LogP contribution is -2.30. The lowest BCUT2D eigenvalue weighted by atomic mass is 10.0. The Labute approximate surface area is 371 Å². The van der Waals surface area contributed by atoms with Crippen molar-refractivity contribution >= 4 is 11.9 Å². The fraction of sp³-hybridized carbons (Fsp3) is 0.709. The van der Waals surface area contributed by atoms with Crippen LogP contribution in [0.1, 0.15) is 226 Å². The first-order valence-electron chi connectivity index (χ1n) is 25.1. The van der Waals surface area contributed by atoms with Crippen LogP contribution in [0, 0.1) is 0 Å². The van der Waals surface area contributed by atoms with Crippen molar-refractivity contribution in [3.8, 4) is 0 Å². The molecule has 0 aliphatic heterocycles. The number of carbonyl (C=O) groups excluding carboxylic acids is 2. The molecule has 0 heterocycles. The van der Waals surface area contributed by atoms with Gasteiger partial charge >= 0.3 is 11.9 Å². The van der Waals surface area contributed by atoms with E-state index in [0.29, 0.717) is 19.4 Å². The number of hydrogen-bond donors (Lipinski definition) is 0. The largest absolute Gasteiger partial charge is 0.462 e. The normalized spacial score (nSPS) is 12.9. The second-order valence-electron chi connectivity index (χ2n) is 16.3. The van der Waals surface area contributed by atoms with Crippen molar-refractivity contribution in [2.24, 2.45) is 0 Å². The average molecular weight is 835 g/mol. The van der Waals surface area contributed by atoms with Crippen molar-refractivity contribution in [1.29, 1.82) is 0 Å². The number of ether oxygens (including phenoxy) is 3. The van der Waals surface area contributed by atoms with Crippen LogP contribution in [-0.2, 0) is 23.8 Å². The molecule has 0 aromatic heterocycles. The molecule has 0 bridgehead atoms. The molecule has 0 aromatic carbocycles. The monoisotopic (exact) mass is 835 g/mol. The summed E-state index contributed by atoms with van der Waals surface area (Å²) in [5.41, 5.74) is 0. The molecule has 0 rings (SSSR count). The maximum atomic E-state index is 12.8. The van der Waals surface area contributed by atoms with Gasteiger partial charge in [0.1, 0.15) is 6.61 Å². The van der Waals surface area contributed by atoms with Gasteiger partial charge in [-0.25, -0.2) is 0 Å². The van der Waals surface area contributed by atoms with E-state index in [2.05, 4.69) is 106 Å². The van der Waals surface area contributed by atoms with E-state index in [1.54, 1.807) is 0 Å². The summed E-state index contributed by atoms with van der Waals surface area (Å²) in [6.45, 7) is 7.43. The van der Waals surface area contributed by atoms with Gasteiger partial charge in [0.2, 0.25) is 0 Å². The van der Waals surface area contributed by atoms with Crippen molar-refractivity contribution in [2.75, 3.05) is 19.8 Å². The molecule has 0 N–H and O–H groups in total. The minimum Gasteiger partial charge on any atom is -0.462 e. The molecule has 60 heavy (non-hydrogen) atoms. The Bertz CT molecular complexity index is 1130. The number of rotatable bonds is 45. The second kappa shape index (κ2) is 50.4. The smallest absolute Gasteiger partial charge is 0.306 e. The third-order valence-electron chi connectivity index (χ3n) is 10.4. The van der Waals surface area contributed by atoms with Gasteiger partial charge in [-0.2, -0.15) is 0 Å². The Morgan fingerprint density at radius 3 is 1.27 bits per heavy atom. The van der Waals surface area contributed by atoms with Gasteiger partial charge in [-0.05, 0) is 77.0 Å². The SMILES string of the molecule is CC/C=C\C/C=C\C/C=C\C/C=C\C/C=C\CCOCC(COC(=O)CCCCCCCCCCCCCCCCC)OC(=O)CCCCCCC/C=C\C/C=C\CCC. The number of esters is 2. The van der Waals surface area contributed by atoms with Gasteiger partial charge in [-0.15, -0.1) is 0 Å². The average Bonchev–Trinajstić information content (AvgIpc) is 3.25. The minimum absolute atomic E-state index is 0.0485. The van der Waals surface area contributed by atoms with Crippen molar-refractivity contribution in [1.82, 2.24) is 0 Å². The number of unbranched alkanes of at least 4 members (excludes halogenated alkanes) is 20. The van der Waals surface area contributed by atoms with Crippen LogP contribution >= 0.6 is 0 Å². The van der Waals surface area contributed by atoms with Crippen LogP contribution in [0.3, 0.4) is 0 Å². The van der Waals surface area contributed by atoms with Crippen LogP contribution < -0.4 is 0 Å². The van der Waals surface area contributed by atoms with Gasteiger partial charge in [-0.3, -0.25) is 9.59 Å². The summed E-state index contributed by atoms with van der Waals surface area (Å²) < 4.78 is 17.3. The molecule has 0 spiro atoms. The number of carbonyl (C=O) groups is 2. The van der Waals surface area contributed by atoms with E-state index < -0.39 is 6.10 Å². The third kappa shape index (κ3) is 47.8. The summed E-state index contributed by atoms with van der Waals surface area (Å²) >= 11 is 0. The highest BCUT2D eigenvalue weighted by atomic mass is 16.6. The summed E-state index contributed by atoms with van der Waals surface area (Å²) in [4.78, 5) is 25.3. The van der Waals surface area contributed by atoms with E-state index in [4.69, 9.17) is 14.2 Å². The van der Waals surface area contributed by atoms with Gasteiger partial charge in [0.15, 0.2) is 6.10 Å². The predicted molar refractivity (Wildman–Crippen MR) is 260 cm³/mol. The Hall–Kier alpha value is -2.92. The Morgan fingerprint density at radius 1 is 0.383 bits per heavy atom. The Kier molecular flexibility index (Phi) is 48.0. The van der Waals surface area contributed by atoms with Gasteiger partial charge in [0, 0.05) is 12.8 Å². The van der Waals surface area contributed by atoms with Crippen LogP contribution in [0.15, 0.2) is 85.1 Å². The molecule has 0 aliphatic carbocycles. The zero-order valence-corrected chi connectivity index (χ0v) is 39.5. The lowest BCUT2D eigenvalue weighted by molar-refractivity contribution is -0.162. The maximum absolute atomic E-state index is 12.8. The molecular weight excluding hydrogens is 741 g/mol. The second-order valence-corrected chi connectivity index (χ2v) is 16.3. The molecule has 0 amide bonds. The zero-order valence-electron chi connectivity index (χ0n) is 39.5. The van der Waals surface area contributed by atoms with Crippen LogP contribution in [0.25, 0.3) is 0 Å². The van der Waals surface area contributed by atoms with Crippen LogP contribution in [-0.4, -0.2) is 37.9 Å². The van der Waals surface area contributed by atoms with E-state index in [0.717, 1.165) is 89.9 Å². The molecule has 0 fully saturated rings. The number of allylic oxidation sites excluding steroid dienone is 13. The molecule has 5 heteroatoms. The molecule has 5 nitrogen and oxygen atoms in total. The standard InChI is InChI=1S/C55H94O5/c1-4-7-10-13-16-19-22-25-27-29-32-35-38-41-44-47-50-58-51-53(60-55(57)49-46-43-40-37-34-30-24-21-18-15-12-9-6-3)52-59-54(56)48-45-42-39-36-33-31-28-26-23-20-17-14-11-8-5-2/h7,10,12,15-16,19,21,24-25,27,32,35,41,44,53H,4-6,8-9,11,13-14,17-18,20,22-23,26,28-31,33-34,36-40,42-43,45-52H2,1-3H3/b10-7-,15-12-,19-16-,24-21-,27-25-,35-32-,44-41-. The molecule has 0 saturated heterocycles. The summed E-state index contributed by atoms with van der Waals surface area (Å²) in [5, 5.41) is 0. The fourth-order valence-corrected chi connectivity index (χ4v) is 6.73. The van der Waals surface area contributed by atoms with Crippen molar-refractivity contribution in [2.45, 2.75) is 232 Å². The van der Waals surface area contributed by atoms with Crippen LogP contribution in [0.5, 0.6) is 0 Å². The van der Waals surface area contributed by atoms with Crippen molar-refractivity contribution in [3.63, 3.8) is 0 Å². The predicted octanol–water partition coefficient (Wildman–Crippen LogP) is 16.9. The third-order valence-corrected chi connectivity index (χ3v) is 10.4. The molecular formula is C55H94O5. The van der Waals surface area contributed by atoms with Crippen LogP contribution in [0.2, 0.25) is 0 Å². The van der Waals surface area contributed by atoms with Gasteiger partial charge in [-0.1, -0.05) is 221 Å². The van der Waals surface area contributed by atoms with E-state index in [-0.39, 0.29) is 25.2 Å². The quantitative estimate of drug-likeness (QED) is 0.0347. The lowest BCUT2D eigenvalue weighted by Gasteiger charge is -2.18. The van der Waals surface area contributed by atoms with Crippen molar-refractivity contribution < 1.29 is 23.8 Å². The molecule has 0 aliphatic rings. The Balaban J connectivity index is 4.39. The summed E-state index contributed by atoms with van der Waals surface area (Å²) in [7, 11) is 0. The van der Waals surface area contributed by atoms with E-state index in [9.17, 15) is 9.59 Å².